The third-order valence-electron chi connectivity index (χ3n) is 2.18. The second-order valence-electron chi connectivity index (χ2n) is 3.94. The van der Waals surface area contributed by atoms with Crippen LogP contribution in [0.5, 0.6) is 5.75 Å². The lowest BCUT2D eigenvalue weighted by atomic mass is 10.2. The van der Waals surface area contributed by atoms with E-state index in [2.05, 4.69) is 5.32 Å². The number of hydrogen-bond donors (Lipinski definition) is 1. The Morgan fingerprint density at radius 2 is 1.94 bits per heavy atom. The van der Waals surface area contributed by atoms with E-state index in [0.29, 0.717) is 5.75 Å². The Morgan fingerprint density at radius 1 is 1.29 bits per heavy atom. The van der Waals surface area contributed by atoms with E-state index in [1.807, 2.05) is 25.1 Å². The van der Waals surface area contributed by atoms with Gasteiger partial charge in [-0.15, -0.1) is 0 Å². The van der Waals surface area contributed by atoms with Gasteiger partial charge in [0, 0.05) is 6.54 Å². The van der Waals surface area contributed by atoms with Gasteiger partial charge in [-0.1, -0.05) is 18.2 Å². The minimum Gasteiger partial charge on any atom is -0.489 e. The molecule has 2 nitrogen and oxygen atoms in total. The lowest BCUT2D eigenvalue weighted by Gasteiger charge is -2.17. The highest BCUT2D eigenvalue weighted by Gasteiger charge is 2.26. The fourth-order valence-corrected chi connectivity index (χ4v) is 1.36. The normalized spacial score (nSPS) is 13.5. The standard InChI is InChI=1S/C12H16F3NO/c1-9-5-3-4-6-11(9)17-10(2)7-16-8-12(13,14)15/h3-6,10,16H,7-8H2,1-2H3. The molecule has 1 unspecified atom stereocenters. The first kappa shape index (κ1) is 13.8. The summed E-state index contributed by atoms with van der Waals surface area (Å²) in [6.07, 6.45) is -4.49. The Morgan fingerprint density at radius 3 is 2.53 bits per heavy atom. The lowest BCUT2D eigenvalue weighted by molar-refractivity contribution is -0.125. The van der Waals surface area contributed by atoms with Crippen LogP contribution in [0.3, 0.4) is 0 Å². The van der Waals surface area contributed by atoms with E-state index in [9.17, 15) is 13.2 Å². The summed E-state index contributed by atoms with van der Waals surface area (Å²) in [5.74, 6) is 0.703. The summed E-state index contributed by atoms with van der Waals surface area (Å²) in [6, 6.07) is 7.41. The van der Waals surface area contributed by atoms with Crippen LogP contribution in [-0.4, -0.2) is 25.4 Å². The van der Waals surface area contributed by atoms with Gasteiger partial charge in [-0.3, -0.25) is 0 Å². The minimum atomic E-state index is -4.18. The first-order valence-electron chi connectivity index (χ1n) is 5.38. The Hall–Kier alpha value is -1.23. The molecule has 0 saturated heterocycles. The van der Waals surface area contributed by atoms with Crippen molar-refractivity contribution in [2.45, 2.75) is 26.1 Å². The van der Waals surface area contributed by atoms with Crippen molar-refractivity contribution in [2.24, 2.45) is 0 Å². The summed E-state index contributed by atoms with van der Waals surface area (Å²) in [4.78, 5) is 0. The van der Waals surface area contributed by atoms with Crippen LogP contribution in [0.25, 0.3) is 0 Å². The van der Waals surface area contributed by atoms with Gasteiger partial charge in [0.15, 0.2) is 0 Å². The summed E-state index contributed by atoms with van der Waals surface area (Å²) in [5, 5.41) is 2.31. The number of rotatable bonds is 5. The summed E-state index contributed by atoms with van der Waals surface area (Å²) < 4.78 is 41.2. The molecule has 96 valence electrons. The van der Waals surface area contributed by atoms with E-state index < -0.39 is 12.7 Å². The molecule has 0 aliphatic rings. The first-order chi connectivity index (χ1) is 7.88. The van der Waals surface area contributed by atoms with Gasteiger partial charge in [-0.25, -0.2) is 0 Å². The molecule has 1 N–H and O–H groups in total. The van der Waals surface area contributed by atoms with E-state index in [1.165, 1.54) is 0 Å². The number of hydrogen-bond acceptors (Lipinski definition) is 2. The predicted molar refractivity (Wildman–Crippen MR) is 60.2 cm³/mol. The Labute approximate surface area is 98.8 Å². The largest absolute Gasteiger partial charge is 0.489 e. The maximum atomic E-state index is 11.9. The zero-order valence-electron chi connectivity index (χ0n) is 9.84. The number of ether oxygens (including phenoxy) is 1. The van der Waals surface area contributed by atoms with Crippen molar-refractivity contribution >= 4 is 0 Å². The second-order valence-corrected chi connectivity index (χ2v) is 3.94. The van der Waals surface area contributed by atoms with Crippen molar-refractivity contribution in [1.82, 2.24) is 5.32 Å². The molecule has 0 aliphatic heterocycles. The molecule has 1 atom stereocenters. The van der Waals surface area contributed by atoms with Gasteiger partial charge in [0.2, 0.25) is 0 Å². The smallest absolute Gasteiger partial charge is 0.401 e. The number of nitrogens with one attached hydrogen (secondary N) is 1. The molecule has 0 saturated carbocycles. The van der Waals surface area contributed by atoms with E-state index in [-0.39, 0.29) is 12.6 Å². The fraction of sp³-hybridized carbons (Fsp3) is 0.500. The topological polar surface area (TPSA) is 21.3 Å². The molecule has 0 bridgehead atoms. The van der Waals surface area contributed by atoms with Crippen LogP contribution in [0.1, 0.15) is 12.5 Å². The number of para-hydroxylation sites is 1. The summed E-state index contributed by atoms with van der Waals surface area (Å²) >= 11 is 0. The highest BCUT2D eigenvalue weighted by Crippen LogP contribution is 2.17. The molecule has 17 heavy (non-hydrogen) atoms. The maximum Gasteiger partial charge on any atom is 0.401 e. The average Bonchev–Trinajstić information content (AvgIpc) is 2.19. The van der Waals surface area contributed by atoms with Crippen LogP contribution in [-0.2, 0) is 0 Å². The third kappa shape index (κ3) is 5.58. The summed E-state index contributed by atoms with van der Waals surface area (Å²) in [6.45, 7) is 2.79. The zero-order chi connectivity index (χ0) is 12.9. The number of aryl methyl sites for hydroxylation is 1. The average molecular weight is 247 g/mol. The fourth-order valence-electron chi connectivity index (χ4n) is 1.36. The van der Waals surface area contributed by atoms with Gasteiger partial charge in [-0.05, 0) is 25.5 Å². The van der Waals surface area contributed by atoms with Crippen molar-refractivity contribution in [3.8, 4) is 5.75 Å². The predicted octanol–water partition coefficient (Wildman–Crippen LogP) is 2.91. The molecular formula is C12H16F3NO. The molecule has 0 spiro atoms. The highest BCUT2D eigenvalue weighted by atomic mass is 19.4. The van der Waals surface area contributed by atoms with E-state index in [1.54, 1.807) is 13.0 Å². The Balaban J connectivity index is 2.35. The van der Waals surface area contributed by atoms with Gasteiger partial charge in [-0.2, -0.15) is 13.2 Å². The second kappa shape index (κ2) is 5.91. The summed E-state index contributed by atoms with van der Waals surface area (Å²) in [5.41, 5.74) is 0.968. The molecule has 0 fully saturated rings. The minimum absolute atomic E-state index is 0.161. The van der Waals surface area contributed by atoms with Crippen LogP contribution >= 0.6 is 0 Å². The Kier molecular flexibility index (Phi) is 4.81. The van der Waals surface area contributed by atoms with Crippen molar-refractivity contribution in [1.29, 1.82) is 0 Å². The maximum absolute atomic E-state index is 11.9. The van der Waals surface area contributed by atoms with Gasteiger partial charge in [0.25, 0.3) is 0 Å². The molecule has 1 aromatic carbocycles. The SMILES string of the molecule is Cc1ccccc1OC(C)CNCC(F)(F)F. The van der Waals surface area contributed by atoms with Crippen LogP contribution in [0.15, 0.2) is 24.3 Å². The molecule has 5 heteroatoms. The highest BCUT2D eigenvalue weighted by molar-refractivity contribution is 5.31. The molecule has 1 rings (SSSR count). The number of alkyl halides is 3. The van der Waals surface area contributed by atoms with E-state index in [4.69, 9.17) is 4.74 Å². The molecule has 1 aromatic rings. The third-order valence-corrected chi connectivity index (χ3v) is 2.18. The van der Waals surface area contributed by atoms with E-state index >= 15 is 0 Å². The van der Waals surface area contributed by atoms with Crippen molar-refractivity contribution in [2.75, 3.05) is 13.1 Å². The van der Waals surface area contributed by atoms with Crippen molar-refractivity contribution in [3.05, 3.63) is 29.8 Å². The molecule has 0 aliphatic carbocycles. The molecule has 0 heterocycles. The van der Waals surface area contributed by atoms with Crippen LogP contribution in [0.2, 0.25) is 0 Å². The van der Waals surface area contributed by atoms with Gasteiger partial charge in [0.1, 0.15) is 11.9 Å². The monoisotopic (exact) mass is 247 g/mol. The van der Waals surface area contributed by atoms with Crippen molar-refractivity contribution < 1.29 is 17.9 Å². The zero-order valence-corrected chi connectivity index (χ0v) is 9.84. The lowest BCUT2D eigenvalue weighted by Crippen LogP contribution is -2.35. The number of benzene rings is 1. The van der Waals surface area contributed by atoms with Crippen LogP contribution < -0.4 is 10.1 Å². The molecular weight excluding hydrogens is 231 g/mol. The quantitative estimate of drug-likeness (QED) is 0.863. The van der Waals surface area contributed by atoms with Crippen LogP contribution in [0.4, 0.5) is 13.2 Å². The molecule has 0 radical (unpaired) electrons. The first-order valence-corrected chi connectivity index (χ1v) is 5.38. The molecule has 0 aromatic heterocycles. The van der Waals surface area contributed by atoms with Gasteiger partial charge >= 0.3 is 6.18 Å². The van der Waals surface area contributed by atoms with Crippen LogP contribution in [0, 0.1) is 6.92 Å². The molecule has 0 amide bonds. The Bertz CT molecular complexity index is 352. The van der Waals surface area contributed by atoms with Gasteiger partial charge < -0.3 is 10.1 Å². The van der Waals surface area contributed by atoms with Crippen molar-refractivity contribution in [3.63, 3.8) is 0 Å². The van der Waals surface area contributed by atoms with E-state index in [0.717, 1.165) is 5.56 Å². The van der Waals surface area contributed by atoms with Gasteiger partial charge in [0.05, 0.1) is 6.54 Å². The summed E-state index contributed by atoms with van der Waals surface area (Å²) in [7, 11) is 0. The number of halogens is 3.